The van der Waals surface area contributed by atoms with E-state index in [0.717, 1.165) is 18.7 Å². The molecule has 0 spiro atoms. The van der Waals surface area contributed by atoms with Gasteiger partial charge in [0, 0.05) is 16.3 Å². The number of hydrogen-bond acceptors (Lipinski definition) is 2. The summed E-state index contributed by atoms with van der Waals surface area (Å²) in [6, 6.07) is 10.8. The second-order valence-corrected chi connectivity index (χ2v) is 4.72. The number of thiophene rings is 1. The Hall–Kier alpha value is -1.19. The summed E-state index contributed by atoms with van der Waals surface area (Å²) < 4.78 is 12.8. The van der Waals surface area contributed by atoms with Crippen molar-refractivity contribution in [1.82, 2.24) is 5.32 Å². The number of benzene rings is 1. The van der Waals surface area contributed by atoms with Crippen LogP contribution in [0, 0.1) is 5.82 Å². The summed E-state index contributed by atoms with van der Waals surface area (Å²) in [6.45, 7) is 3.97. The maximum Gasteiger partial charge on any atom is 0.123 e. The molecule has 0 aliphatic heterocycles. The van der Waals surface area contributed by atoms with E-state index < -0.39 is 0 Å². The molecule has 2 aromatic rings. The predicted molar refractivity (Wildman–Crippen MR) is 67.1 cm³/mol. The second kappa shape index (κ2) is 5.23. The molecule has 3 heteroatoms. The largest absolute Gasteiger partial charge is 0.312 e. The van der Waals surface area contributed by atoms with Crippen LogP contribution in [0.25, 0.3) is 10.4 Å². The Morgan fingerprint density at radius 1 is 1.12 bits per heavy atom. The van der Waals surface area contributed by atoms with Crippen LogP contribution < -0.4 is 5.32 Å². The molecule has 1 nitrogen and oxygen atoms in total. The molecule has 2 rings (SSSR count). The lowest BCUT2D eigenvalue weighted by Gasteiger charge is -1.98. The first-order valence-electron chi connectivity index (χ1n) is 5.35. The van der Waals surface area contributed by atoms with Crippen LogP contribution in [0.4, 0.5) is 4.39 Å². The molecule has 0 bridgehead atoms. The van der Waals surface area contributed by atoms with Gasteiger partial charge in [-0.3, -0.25) is 0 Å². The molecule has 0 saturated heterocycles. The fourth-order valence-corrected chi connectivity index (χ4v) is 2.47. The van der Waals surface area contributed by atoms with Crippen LogP contribution in [0.5, 0.6) is 0 Å². The second-order valence-electron chi connectivity index (χ2n) is 3.55. The first-order valence-corrected chi connectivity index (χ1v) is 6.16. The fraction of sp³-hybridized carbons (Fsp3) is 0.231. The van der Waals surface area contributed by atoms with Crippen molar-refractivity contribution in [2.75, 3.05) is 6.54 Å². The van der Waals surface area contributed by atoms with E-state index in [2.05, 4.69) is 24.4 Å². The van der Waals surface area contributed by atoms with E-state index in [-0.39, 0.29) is 5.82 Å². The Morgan fingerprint density at radius 3 is 2.56 bits per heavy atom. The zero-order valence-electron chi connectivity index (χ0n) is 9.16. The highest BCUT2D eigenvalue weighted by Crippen LogP contribution is 2.28. The Kier molecular flexibility index (Phi) is 3.70. The molecule has 1 aromatic carbocycles. The first kappa shape index (κ1) is 11.3. The monoisotopic (exact) mass is 235 g/mol. The van der Waals surface area contributed by atoms with Gasteiger partial charge in [-0.05, 0) is 36.4 Å². The zero-order valence-corrected chi connectivity index (χ0v) is 9.98. The van der Waals surface area contributed by atoms with Crippen LogP contribution in [-0.2, 0) is 6.54 Å². The first-order chi connectivity index (χ1) is 7.79. The summed E-state index contributed by atoms with van der Waals surface area (Å²) in [5.41, 5.74) is 1.08. The van der Waals surface area contributed by atoms with Gasteiger partial charge in [-0.25, -0.2) is 4.39 Å². The maximum atomic E-state index is 12.8. The molecular weight excluding hydrogens is 221 g/mol. The summed E-state index contributed by atoms with van der Waals surface area (Å²) in [6.07, 6.45) is 0. The van der Waals surface area contributed by atoms with Crippen molar-refractivity contribution < 1.29 is 4.39 Å². The summed E-state index contributed by atoms with van der Waals surface area (Å²) in [5.74, 6) is -0.187. The molecular formula is C13H14FNS. The van der Waals surface area contributed by atoms with Crippen molar-refractivity contribution >= 4 is 11.3 Å². The van der Waals surface area contributed by atoms with Gasteiger partial charge in [-0.15, -0.1) is 11.3 Å². The van der Waals surface area contributed by atoms with Crippen molar-refractivity contribution in [3.8, 4) is 10.4 Å². The Bertz CT molecular complexity index is 447. The van der Waals surface area contributed by atoms with Crippen molar-refractivity contribution in [3.05, 3.63) is 47.1 Å². The van der Waals surface area contributed by atoms with Gasteiger partial charge < -0.3 is 5.32 Å². The number of hydrogen-bond donors (Lipinski definition) is 1. The molecule has 1 aromatic heterocycles. The van der Waals surface area contributed by atoms with Gasteiger partial charge in [0.15, 0.2) is 0 Å². The maximum absolute atomic E-state index is 12.8. The van der Waals surface area contributed by atoms with Gasteiger partial charge in [0.25, 0.3) is 0 Å². The number of nitrogens with one attached hydrogen (secondary N) is 1. The summed E-state index contributed by atoms with van der Waals surface area (Å²) in [4.78, 5) is 2.49. The van der Waals surface area contributed by atoms with Crippen LogP contribution in [0.15, 0.2) is 36.4 Å². The Balaban J connectivity index is 2.15. The lowest BCUT2D eigenvalue weighted by molar-refractivity contribution is 0.628. The minimum absolute atomic E-state index is 0.187. The molecule has 0 aliphatic carbocycles. The molecule has 0 atom stereocenters. The minimum Gasteiger partial charge on any atom is -0.312 e. The third-order valence-corrected chi connectivity index (χ3v) is 3.47. The van der Waals surface area contributed by atoms with Gasteiger partial charge in [0.05, 0.1) is 0 Å². The average molecular weight is 235 g/mol. The average Bonchev–Trinajstić information content (AvgIpc) is 2.76. The number of halogens is 1. The standard InChI is InChI=1S/C13H14FNS/c1-2-15-9-12-7-8-13(16-12)10-3-5-11(14)6-4-10/h3-8,15H,2,9H2,1H3. The van der Waals surface area contributed by atoms with E-state index in [1.165, 1.54) is 21.9 Å². The van der Waals surface area contributed by atoms with Crippen LogP contribution in [0.2, 0.25) is 0 Å². The molecule has 0 amide bonds. The molecule has 0 saturated carbocycles. The van der Waals surface area contributed by atoms with E-state index in [4.69, 9.17) is 0 Å². The van der Waals surface area contributed by atoms with Crippen LogP contribution in [0.1, 0.15) is 11.8 Å². The van der Waals surface area contributed by atoms with E-state index in [1.807, 2.05) is 12.1 Å². The van der Waals surface area contributed by atoms with Gasteiger partial charge in [0.1, 0.15) is 5.82 Å². The fourth-order valence-electron chi connectivity index (χ4n) is 1.49. The molecule has 0 fully saturated rings. The quantitative estimate of drug-likeness (QED) is 0.852. The molecule has 84 valence electrons. The smallest absolute Gasteiger partial charge is 0.123 e. The zero-order chi connectivity index (χ0) is 11.4. The van der Waals surface area contributed by atoms with E-state index in [1.54, 1.807) is 11.3 Å². The van der Waals surface area contributed by atoms with Crippen molar-refractivity contribution in [2.45, 2.75) is 13.5 Å². The van der Waals surface area contributed by atoms with Gasteiger partial charge in [0.2, 0.25) is 0 Å². The van der Waals surface area contributed by atoms with E-state index >= 15 is 0 Å². The highest BCUT2D eigenvalue weighted by atomic mass is 32.1. The van der Waals surface area contributed by atoms with Crippen LogP contribution in [0.3, 0.4) is 0 Å². The van der Waals surface area contributed by atoms with Crippen molar-refractivity contribution in [3.63, 3.8) is 0 Å². The van der Waals surface area contributed by atoms with Crippen molar-refractivity contribution in [2.24, 2.45) is 0 Å². The van der Waals surface area contributed by atoms with Crippen LogP contribution >= 0.6 is 11.3 Å². The SMILES string of the molecule is CCNCc1ccc(-c2ccc(F)cc2)s1. The molecule has 1 N–H and O–H groups in total. The Morgan fingerprint density at radius 2 is 1.88 bits per heavy atom. The molecule has 1 heterocycles. The third-order valence-electron chi connectivity index (χ3n) is 2.34. The lowest BCUT2D eigenvalue weighted by Crippen LogP contribution is -2.10. The topological polar surface area (TPSA) is 12.0 Å². The molecule has 0 radical (unpaired) electrons. The third kappa shape index (κ3) is 2.68. The van der Waals surface area contributed by atoms with Gasteiger partial charge in [-0.1, -0.05) is 19.1 Å². The summed E-state index contributed by atoms with van der Waals surface area (Å²) >= 11 is 1.75. The van der Waals surface area contributed by atoms with Crippen molar-refractivity contribution in [1.29, 1.82) is 0 Å². The normalized spacial score (nSPS) is 10.6. The predicted octanol–water partition coefficient (Wildman–Crippen LogP) is 3.66. The van der Waals surface area contributed by atoms with Gasteiger partial charge in [-0.2, -0.15) is 0 Å². The van der Waals surface area contributed by atoms with Crippen LogP contribution in [-0.4, -0.2) is 6.54 Å². The highest BCUT2D eigenvalue weighted by Gasteiger charge is 2.02. The van der Waals surface area contributed by atoms with E-state index in [0.29, 0.717) is 0 Å². The van der Waals surface area contributed by atoms with Gasteiger partial charge >= 0.3 is 0 Å². The summed E-state index contributed by atoms with van der Waals surface area (Å²) in [5, 5.41) is 3.29. The molecule has 16 heavy (non-hydrogen) atoms. The Labute approximate surface area is 98.9 Å². The van der Waals surface area contributed by atoms with E-state index in [9.17, 15) is 4.39 Å². The molecule has 0 aliphatic rings. The minimum atomic E-state index is -0.187. The molecule has 0 unspecified atom stereocenters. The lowest BCUT2D eigenvalue weighted by atomic mass is 10.2. The summed E-state index contributed by atoms with van der Waals surface area (Å²) in [7, 11) is 0. The number of rotatable bonds is 4. The highest BCUT2D eigenvalue weighted by molar-refractivity contribution is 7.15.